The molecule has 0 radical (unpaired) electrons. The molecule has 3 rings (SSSR count). The maximum atomic E-state index is 13.0. The van der Waals surface area contributed by atoms with Gasteiger partial charge in [0.05, 0.1) is 18.7 Å². The van der Waals surface area contributed by atoms with Crippen LogP contribution < -0.4 is 20.7 Å². The van der Waals surface area contributed by atoms with E-state index in [1.807, 2.05) is 0 Å². The number of hydrogen-bond acceptors (Lipinski definition) is 6. The Morgan fingerprint density at radius 2 is 1.72 bits per heavy atom. The maximum Gasteiger partial charge on any atom is 0.408 e. The molecule has 0 saturated heterocycles. The average molecular weight is 506 g/mol. The number of urea groups is 1. The van der Waals surface area contributed by atoms with Crippen LogP contribution in [0.1, 0.15) is 47.5 Å². The lowest BCUT2D eigenvalue weighted by atomic mass is 9.70. The zero-order valence-corrected chi connectivity index (χ0v) is 21.4. The number of amides is 3. The number of nitrogens with one attached hydrogen (secondary N) is 3. The number of benzene rings is 1. The summed E-state index contributed by atoms with van der Waals surface area (Å²) in [6.07, 6.45) is -0.531. The summed E-state index contributed by atoms with van der Waals surface area (Å²) < 4.78 is 10.6. The quantitative estimate of drug-likeness (QED) is 0.359. The summed E-state index contributed by atoms with van der Waals surface area (Å²) in [5.74, 6) is -4.69. The molecule has 198 valence electrons. The van der Waals surface area contributed by atoms with E-state index in [0.717, 1.165) is 0 Å². The lowest BCUT2D eigenvalue weighted by molar-refractivity contribution is -0.153. The van der Waals surface area contributed by atoms with Crippen molar-refractivity contribution in [3.05, 3.63) is 24.3 Å². The lowest BCUT2D eigenvalue weighted by Crippen LogP contribution is -2.66. The number of anilines is 1. The van der Waals surface area contributed by atoms with E-state index in [1.54, 1.807) is 58.9 Å². The fraction of sp³-hybridized carbons (Fsp3) is 0.600. The first-order valence-electron chi connectivity index (χ1n) is 12.0. The Bertz CT molecular complexity index is 1050. The van der Waals surface area contributed by atoms with Crippen LogP contribution >= 0.6 is 0 Å². The zero-order valence-electron chi connectivity index (χ0n) is 21.4. The summed E-state index contributed by atoms with van der Waals surface area (Å²) in [6.45, 7) is 8.39. The SMILES string of the molecule is CCC1C(NC(=O)Nc2ccccc2OC)C2C(C(=O)O)C2(CC)C1(NC(=O)OC(C)(C)C)C(=O)O. The lowest BCUT2D eigenvalue weighted by Gasteiger charge is -2.42. The second kappa shape index (κ2) is 9.51. The number of ether oxygens (including phenoxy) is 2. The minimum Gasteiger partial charge on any atom is -0.495 e. The van der Waals surface area contributed by atoms with Gasteiger partial charge in [0.1, 0.15) is 11.4 Å². The molecule has 2 aliphatic rings. The Balaban J connectivity index is 2.02. The van der Waals surface area contributed by atoms with Crippen molar-refractivity contribution < 1.29 is 38.9 Å². The molecular weight excluding hydrogens is 470 g/mol. The van der Waals surface area contributed by atoms with Crippen LogP contribution in [0, 0.1) is 23.2 Å². The standard InChI is InChI=1S/C25H35N3O8/c1-7-13-18(27-21(33)26-14-11-9-10-12-15(14)35-6)16-17(19(29)30)24(16,8-2)25(13,20(31)32)28-22(34)36-23(3,4)5/h9-13,16-18H,7-8H2,1-6H3,(H,28,34)(H,29,30)(H,31,32)(H2,26,27,33). The van der Waals surface area contributed by atoms with Crippen LogP contribution in [-0.2, 0) is 14.3 Å². The number of aliphatic carboxylic acids is 2. The molecule has 5 N–H and O–H groups in total. The van der Waals surface area contributed by atoms with Gasteiger partial charge in [0.25, 0.3) is 0 Å². The molecule has 6 unspecified atom stereocenters. The van der Waals surface area contributed by atoms with E-state index in [9.17, 15) is 29.4 Å². The number of para-hydroxylation sites is 2. The Kier molecular flexibility index (Phi) is 7.16. The number of fused-ring (bicyclic) bond motifs is 1. The van der Waals surface area contributed by atoms with Gasteiger partial charge in [-0.05, 0) is 45.7 Å². The largest absolute Gasteiger partial charge is 0.495 e. The Labute approximate surface area is 209 Å². The van der Waals surface area contributed by atoms with Gasteiger partial charge in [-0.1, -0.05) is 26.0 Å². The molecule has 1 aromatic carbocycles. The van der Waals surface area contributed by atoms with Crippen molar-refractivity contribution in [1.29, 1.82) is 0 Å². The van der Waals surface area contributed by atoms with Crippen LogP contribution in [0.15, 0.2) is 24.3 Å². The summed E-state index contributed by atoms with van der Waals surface area (Å²) in [7, 11) is 1.46. The number of carbonyl (C=O) groups is 4. The number of carboxylic acid groups (broad SMARTS) is 2. The van der Waals surface area contributed by atoms with Gasteiger partial charge in [-0.25, -0.2) is 14.4 Å². The first-order valence-corrected chi connectivity index (χ1v) is 12.0. The van der Waals surface area contributed by atoms with E-state index in [-0.39, 0.29) is 12.8 Å². The molecule has 0 aliphatic heterocycles. The van der Waals surface area contributed by atoms with Crippen molar-refractivity contribution in [1.82, 2.24) is 10.6 Å². The van der Waals surface area contributed by atoms with E-state index >= 15 is 0 Å². The average Bonchev–Trinajstić information content (AvgIpc) is 3.41. The van der Waals surface area contributed by atoms with E-state index in [1.165, 1.54) is 7.11 Å². The minimum atomic E-state index is -1.96. The molecule has 1 aromatic rings. The van der Waals surface area contributed by atoms with Crippen molar-refractivity contribution in [2.75, 3.05) is 12.4 Å². The van der Waals surface area contributed by atoms with Gasteiger partial charge in [-0.15, -0.1) is 0 Å². The van der Waals surface area contributed by atoms with E-state index in [0.29, 0.717) is 11.4 Å². The maximum absolute atomic E-state index is 13.0. The number of methoxy groups -OCH3 is 1. The van der Waals surface area contributed by atoms with Crippen molar-refractivity contribution in [3.8, 4) is 5.75 Å². The summed E-state index contributed by atoms with van der Waals surface area (Å²) in [5, 5.41) is 28.7. The molecule has 0 bridgehead atoms. The van der Waals surface area contributed by atoms with Crippen LogP contribution in [-0.4, -0.2) is 58.6 Å². The van der Waals surface area contributed by atoms with Crippen LogP contribution in [0.2, 0.25) is 0 Å². The second-order valence-electron chi connectivity index (χ2n) is 10.3. The fourth-order valence-corrected chi connectivity index (χ4v) is 6.37. The van der Waals surface area contributed by atoms with Crippen molar-refractivity contribution in [3.63, 3.8) is 0 Å². The van der Waals surface area contributed by atoms with Gasteiger partial charge >= 0.3 is 24.1 Å². The molecule has 6 atom stereocenters. The molecule has 11 heteroatoms. The molecule has 3 amide bonds. The highest BCUT2D eigenvalue weighted by Crippen LogP contribution is 2.76. The molecular formula is C25H35N3O8. The molecule has 0 aromatic heterocycles. The normalized spacial score (nSPS) is 30.5. The summed E-state index contributed by atoms with van der Waals surface area (Å²) in [4.78, 5) is 51.1. The third kappa shape index (κ3) is 4.20. The van der Waals surface area contributed by atoms with Gasteiger partial charge in [-0.2, -0.15) is 0 Å². The predicted octanol–water partition coefficient (Wildman–Crippen LogP) is 3.30. The van der Waals surface area contributed by atoms with E-state index in [4.69, 9.17) is 9.47 Å². The van der Waals surface area contributed by atoms with Gasteiger partial charge in [-0.3, -0.25) is 4.79 Å². The van der Waals surface area contributed by atoms with Crippen LogP contribution in [0.5, 0.6) is 5.75 Å². The highest BCUT2D eigenvalue weighted by molar-refractivity contribution is 5.94. The first kappa shape index (κ1) is 27.1. The van der Waals surface area contributed by atoms with Gasteiger partial charge in [0.15, 0.2) is 5.54 Å². The molecule has 0 spiro atoms. The van der Waals surface area contributed by atoms with E-state index < -0.39 is 64.4 Å². The highest BCUT2D eigenvalue weighted by Gasteiger charge is 2.88. The third-order valence-corrected chi connectivity index (χ3v) is 7.49. The third-order valence-electron chi connectivity index (χ3n) is 7.49. The Morgan fingerprint density at radius 1 is 1.08 bits per heavy atom. The smallest absolute Gasteiger partial charge is 0.408 e. The molecule has 2 fully saturated rings. The van der Waals surface area contributed by atoms with Gasteiger partial charge < -0.3 is 35.6 Å². The highest BCUT2D eigenvalue weighted by atomic mass is 16.6. The zero-order chi connectivity index (χ0) is 27.1. The fourth-order valence-electron chi connectivity index (χ4n) is 6.37. The van der Waals surface area contributed by atoms with Crippen LogP contribution in [0.3, 0.4) is 0 Å². The topological polar surface area (TPSA) is 163 Å². The van der Waals surface area contributed by atoms with Gasteiger partial charge in [0, 0.05) is 23.3 Å². The summed E-state index contributed by atoms with van der Waals surface area (Å²) >= 11 is 0. The molecule has 11 nitrogen and oxygen atoms in total. The minimum absolute atomic E-state index is 0.166. The van der Waals surface area contributed by atoms with Crippen molar-refractivity contribution in [2.45, 2.75) is 64.6 Å². The first-order chi connectivity index (χ1) is 16.8. The number of alkyl carbamates (subject to hydrolysis) is 1. The Morgan fingerprint density at radius 3 is 2.22 bits per heavy atom. The number of hydrogen-bond donors (Lipinski definition) is 5. The van der Waals surface area contributed by atoms with E-state index in [2.05, 4.69) is 16.0 Å². The molecule has 2 aliphatic carbocycles. The number of carbonyl (C=O) groups excluding carboxylic acids is 2. The summed E-state index contributed by atoms with van der Waals surface area (Å²) in [6, 6.07) is 5.30. The number of rotatable bonds is 8. The predicted molar refractivity (Wildman–Crippen MR) is 130 cm³/mol. The monoisotopic (exact) mass is 505 g/mol. The molecule has 36 heavy (non-hydrogen) atoms. The second-order valence-corrected chi connectivity index (χ2v) is 10.3. The molecule has 2 saturated carbocycles. The van der Waals surface area contributed by atoms with Crippen molar-refractivity contribution in [2.24, 2.45) is 23.2 Å². The molecule has 0 heterocycles. The van der Waals surface area contributed by atoms with Crippen LogP contribution in [0.4, 0.5) is 15.3 Å². The number of carboxylic acids is 2. The van der Waals surface area contributed by atoms with Gasteiger partial charge in [0.2, 0.25) is 0 Å². The van der Waals surface area contributed by atoms with Crippen molar-refractivity contribution >= 4 is 29.8 Å². The Hall–Kier alpha value is -3.50. The summed E-state index contributed by atoms with van der Waals surface area (Å²) in [5.41, 5.74) is -3.78. The van der Waals surface area contributed by atoms with Crippen LogP contribution in [0.25, 0.3) is 0 Å².